The lowest BCUT2D eigenvalue weighted by Gasteiger charge is -2.24. The molecule has 15 heavy (non-hydrogen) atoms. The fourth-order valence-electron chi connectivity index (χ4n) is 1.44. The van der Waals surface area contributed by atoms with Gasteiger partial charge in [0.25, 0.3) is 0 Å². The zero-order valence-corrected chi connectivity index (χ0v) is 11.3. The maximum atomic E-state index is 11.7. The average Bonchev–Trinajstić information content (AvgIpc) is 1.97. The predicted octanol–water partition coefficient (Wildman–Crippen LogP) is 1.03. The molecule has 0 bridgehead atoms. The molecule has 0 fully saturated rings. The minimum atomic E-state index is -3.17. The van der Waals surface area contributed by atoms with Gasteiger partial charge in [-0.15, -0.1) is 0 Å². The first kappa shape index (κ1) is 14.9. The molecular formula is C10H24N2O2S. The highest BCUT2D eigenvalue weighted by Gasteiger charge is 2.23. The van der Waals surface area contributed by atoms with Gasteiger partial charge >= 0.3 is 0 Å². The van der Waals surface area contributed by atoms with Gasteiger partial charge < -0.3 is 5.73 Å². The van der Waals surface area contributed by atoms with Crippen LogP contribution in [0.15, 0.2) is 0 Å². The van der Waals surface area contributed by atoms with Gasteiger partial charge in [0.15, 0.2) is 0 Å². The zero-order valence-electron chi connectivity index (χ0n) is 10.4. The van der Waals surface area contributed by atoms with Gasteiger partial charge in [-0.1, -0.05) is 27.7 Å². The molecular weight excluding hydrogens is 212 g/mol. The highest BCUT2D eigenvalue weighted by molar-refractivity contribution is 7.89. The van der Waals surface area contributed by atoms with Crippen molar-refractivity contribution in [1.82, 2.24) is 4.31 Å². The fourth-order valence-corrected chi connectivity index (χ4v) is 2.75. The summed E-state index contributed by atoms with van der Waals surface area (Å²) in [6.07, 6.45) is 0.712. The van der Waals surface area contributed by atoms with E-state index in [0.29, 0.717) is 13.0 Å². The van der Waals surface area contributed by atoms with Crippen LogP contribution in [-0.2, 0) is 10.0 Å². The van der Waals surface area contributed by atoms with E-state index in [0.717, 1.165) is 0 Å². The summed E-state index contributed by atoms with van der Waals surface area (Å²) in [5.74, 6) is 0.0363. The topological polar surface area (TPSA) is 63.4 Å². The van der Waals surface area contributed by atoms with Crippen LogP contribution in [0.1, 0.15) is 34.1 Å². The molecule has 0 saturated carbocycles. The molecule has 0 heterocycles. The number of hydrogen-bond acceptors (Lipinski definition) is 3. The van der Waals surface area contributed by atoms with Crippen molar-refractivity contribution in [3.63, 3.8) is 0 Å². The van der Waals surface area contributed by atoms with Gasteiger partial charge in [-0.2, -0.15) is 0 Å². The molecule has 1 unspecified atom stereocenters. The van der Waals surface area contributed by atoms with Gasteiger partial charge in [0.05, 0.1) is 5.75 Å². The molecule has 0 saturated heterocycles. The maximum absolute atomic E-state index is 11.7. The third-order valence-electron chi connectivity index (χ3n) is 2.22. The van der Waals surface area contributed by atoms with Crippen molar-refractivity contribution in [2.24, 2.45) is 11.1 Å². The normalized spacial score (nSPS) is 15.7. The molecule has 4 nitrogen and oxygen atoms in total. The standard InChI is InChI=1S/C10H24N2O2S/c1-6-12(5)15(13,14)8-9(11)7-10(2,3)4/h9H,6-8,11H2,1-5H3. The Morgan fingerprint density at radius 3 is 2.13 bits per heavy atom. The van der Waals surface area contributed by atoms with Crippen LogP contribution >= 0.6 is 0 Å². The molecule has 0 amide bonds. The first-order valence-corrected chi connectivity index (χ1v) is 6.89. The number of sulfonamides is 1. The van der Waals surface area contributed by atoms with Crippen LogP contribution in [-0.4, -0.2) is 38.1 Å². The molecule has 0 aliphatic rings. The van der Waals surface area contributed by atoms with Gasteiger partial charge in [0.1, 0.15) is 0 Å². The first-order valence-electron chi connectivity index (χ1n) is 5.28. The molecule has 0 aromatic carbocycles. The summed E-state index contributed by atoms with van der Waals surface area (Å²) in [5.41, 5.74) is 5.90. The van der Waals surface area contributed by atoms with Gasteiger partial charge in [-0.25, -0.2) is 12.7 Å². The minimum absolute atomic E-state index is 0.0363. The highest BCUT2D eigenvalue weighted by atomic mass is 32.2. The van der Waals surface area contributed by atoms with Crippen LogP contribution in [0.3, 0.4) is 0 Å². The lowest BCUT2D eigenvalue weighted by Crippen LogP contribution is -2.39. The van der Waals surface area contributed by atoms with Crippen LogP contribution < -0.4 is 5.73 Å². The van der Waals surface area contributed by atoms with E-state index in [2.05, 4.69) is 20.8 Å². The van der Waals surface area contributed by atoms with Crippen molar-refractivity contribution >= 4 is 10.0 Å². The smallest absolute Gasteiger partial charge is 0.215 e. The third-order valence-corrected chi connectivity index (χ3v) is 4.28. The summed E-state index contributed by atoms with van der Waals surface area (Å²) < 4.78 is 24.8. The second-order valence-electron chi connectivity index (χ2n) is 5.22. The molecule has 0 rings (SSSR count). The number of nitrogens with zero attached hydrogens (tertiary/aromatic N) is 1. The Kier molecular flexibility index (Phi) is 5.23. The van der Waals surface area contributed by atoms with E-state index in [1.165, 1.54) is 4.31 Å². The molecule has 0 aromatic rings. The van der Waals surface area contributed by atoms with E-state index in [1.54, 1.807) is 7.05 Å². The molecule has 1 atom stereocenters. The van der Waals surface area contributed by atoms with Crippen molar-refractivity contribution in [3.8, 4) is 0 Å². The highest BCUT2D eigenvalue weighted by Crippen LogP contribution is 2.20. The van der Waals surface area contributed by atoms with E-state index in [9.17, 15) is 8.42 Å². The van der Waals surface area contributed by atoms with Crippen molar-refractivity contribution < 1.29 is 8.42 Å². The van der Waals surface area contributed by atoms with Gasteiger partial charge in [0, 0.05) is 19.6 Å². The summed E-state index contributed by atoms with van der Waals surface area (Å²) in [6.45, 7) is 8.48. The molecule has 0 aromatic heterocycles. The Bertz CT molecular complexity index is 280. The van der Waals surface area contributed by atoms with E-state index >= 15 is 0 Å². The minimum Gasteiger partial charge on any atom is -0.327 e. The third kappa shape index (κ3) is 6.12. The molecule has 2 N–H and O–H groups in total. The Morgan fingerprint density at radius 2 is 1.80 bits per heavy atom. The summed E-state index contributed by atoms with van der Waals surface area (Å²) in [6, 6.07) is -0.288. The second-order valence-corrected chi connectivity index (χ2v) is 7.34. The van der Waals surface area contributed by atoms with Crippen LogP contribution in [0.2, 0.25) is 0 Å². The monoisotopic (exact) mass is 236 g/mol. The molecule has 0 spiro atoms. The Balaban J connectivity index is 4.36. The summed E-state index contributed by atoms with van der Waals surface area (Å²) >= 11 is 0. The molecule has 0 aliphatic carbocycles. The van der Waals surface area contributed by atoms with Crippen molar-refractivity contribution in [2.75, 3.05) is 19.3 Å². The number of hydrogen-bond donors (Lipinski definition) is 1. The number of nitrogens with two attached hydrogens (primary N) is 1. The predicted molar refractivity (Wildman–Crippen MR) is 64.1 cm³/mol. The average molecular weight is 236 g/mol. The van der Waals surface area contributed by atoms with E-state index < -0.39 is 10.0 Å². The summed E-state index contributed by atoms with van der Waals surface area (Å²) in [7, 11) is -1.59. The van der Waals surface area contributed by atoms with Crippen LogP contribution in [0.25, 0.3) is 0 Å². The van der Waals surface area contributed by atoms with Crippen molar-refractivity contribution in [3.05, 3.63) is 0 Å². The lowest BCUT2D eigenvalue weighted by molar-refractivity contribution is 0.347. The number of rotatable bonds is 5. The quantitative estimate of drug-likeness (QED) is 0.775. The fraction of sp³-hybridized carbons (Fsp3) is 1.00. The zero-order chi connectivity index (χ0) is 12.3. The Hall–Kier alpha value is -0.130. The van der Waals surface area contributed by atoms with Gasteiger partial charge in [0.2, 0.25) is 10.0 Å². The summed E-state index contributed by atoms with van der Waals surface area (Å²) in [5, 5.41) is 0. The van der Waals surface area contributed by atoms with Crippen LogP contribution in [0.5, 0.6) is 0 Å². The van der Waals surface area contributed by atoms with Gasteiger partial charge in [-0.05, 0) is 11.8 Å². The summed E-state index contributed by atoms with van der Waals surface area (Å²) in [4.78, 5) is 0. The Morgan fingerprint density at radius 1 is 1.33 bits per heavy atom. The molecule has 0 aliphatic heterocycles. The van der Waals surface area contributed by atoms with Crippen LogP contribution in [0, 0.1) is 5.41 Å². The van der Waals surface area contributed by atoms with E-state index in [4.69, 9.17) is 5.73 Å². The first-order chi connectivity index (χ1) is 6.58. The molecule has 5 heteroatoms. The lowest BCUT2D eigenvalue weighted by atomic mass is 9.89. The second kappa shape index (κ2) is 5.27. The SMILES string of the molecule is CCN(C)S(=O)(=O)CC(N)CC(C)(C)C. The van der Waals surface area contributed by atoms with Crippen molar-refractivity contribution in [2.45, 2.75) is 40.2 Å². The largest absolute Gasteiger partial charge is 0.327 e. The van der Waals surface area contributed by atoms with E-state index in [-0.39, 0.29) is 17.2 Å². The molecule has 92 valence electrons. The van der Waals surface area contributed by atoms with Gasteiger partial charge in [-0.3, -0.25) is 0 Å². The Labute approximate surface area is 93.9 Å². The molecule has 0 radical (unpaired) electrons. The van der Waals surface area contributed by atoms with Crippen molar-refractivity contribution in [1.29, 1.82) is 0 Å². The maximum Gasteiger partial charge on any atom is 0.215 e. The van der Waals surface area contributed by atoms with E-state index in [1.807, 2.05) is 6.92 Å². The van der Waals surface area contributed by atoms with Crippen LogP contribution in [0.4, 0.5) is 0 Å².